The van der Waals surface area contributed by atoms with Crippen LogP contribution in [0.3, 0.4) is 0 Å². The van der Waals surface area contributed by atoms with Gasteiger partial charge in [0, 0.05) is 6.07 Å². The van der Waals surface area contributed by atoms with Gasteiger partial charge >= 0.3 is 0 Å². The van der Waals surface area contributed by atoms with Crippen molar-refractivity contribution in [1.29, 1.82) is 0 Å². The first-order valence-electron chi connectivity index (χ1n) is 6.53. The van der Waals surface area contributed by atoms with Gasteiger partial charge in [-0.15, -0.1) is 0 Å². The molecule has 0 heterocycles. The fourth-order valence-corrected chi connectivity index (χ4v) is 2.97. The van der Waals surface area contributed by atoms with Crippen LogP contribution in [0.1, 0.15) is 39.0 Å². The second-order valence-corrected chi connectivity index (χ2v) is 5.77. The van der Waals surface area contributed by atoms with Crippen molar-refractivity contribution in [2.75, 3.05) is 5.73 Å². The Morgan fingerprint density at radius 3 is 2.83 bits per heavy atom. The number of rotatable bonds is 3. The summed E-state index contributed by atoms with van der Waals surface area (Å²) in [6, 6.07) is 2.94. The van der Waals surface area contributed by atoms with Crippen molar-refractivity contribution in [3.05, 3.63) is 22.4 Å². The quantitative estimate of drug-likeness (QED) is 0.832. The Hall–Kier alpha value is -0.770. The molecule has 0 aromatic heterocycles. The van der Waals surface area contributed by atoms with Crippen LogP contribution in [0.15, 0.2) is 16.6 Å². The first-order valence-corrected chi connectivity index (χ1v) is 7.32. The van der Waals surface area contributed by atoms with Crippen LogP contribution < -0.4 is 10.5 Å². The van der Waals surface area contributed by atoms with E-state index in [1.165, 1.54) is 25.3 Å². The first kappa shape index (κ1) is 13.7. The smallest absolute Gasteiger partial charge is 0.145 e. The van der Waals surface area contributed by atoms with E-state index in [4.69, 9.17) is 10.5 Å². The molecule has 0 saturated heterocycles. The molecule has 1 aliphatic rings. The number of benzene rings is 1. The molecular formula is C14H19BrFNO. The Morgan fingerprint density at radius 2 is 2.11 bits per heavy atom. The number of halogens is 2. The van der Waals surface area contributed by atoms with Gasteiger partial charge in [0.2, 0.25) is 0 Å². The molecule has 1 aliphatic carbocycles. The molecule has 0 bridgehead atoms. The normalized spacial score (nSPS) is 23.9. The molecule has 2 nitrogen and oxygen atoms in total. The molecule has 0 radical (unpaired) electrons. The van der Waals surface area contributed by atoms with Crippen molar-refractivity contribution in [3.8, 4) is 5.75 Å². The maximum absolute atomic E-state index is 13.5. The lowest BCUT2D eigenvalue weighted by Gasteiger charge is -2.31. The van der Waals surface area contributed by atoms with Gasteiger partial charge in [-0.3, -0.25) is 0 Å². The third-order valence-electron chi connectivity index (χ3n) is 3.69. The van der Waals surface area contributed by atoms with E-state index in [-0.39, 0.29) is 11.9 Å². The molecule has 1 aromatic carbocycles. The maximum atomic E-state index is 13.5. The van der Waals surface area contributed by atoms with Crippen molar-refractivity contribution >= 4 is 21.6 Å². The Bertz CT molecular complexity index is 425. The second-order valence-electron chi connectivity index (χ2n) is 4.91. The molecule has 100 valence electrons. The van der Waals surface area contributed by atoms with Crippen molar-refractivity contribution < 1.29 is 9.13 Å². The van der Waals surface area contributed by atoms with E-state index >= 15 is 0 Å². The zero-order valence-electron chi connectivity index (χ0n) is 10.6. The monoisotopic (exact) mass is 315 g/mol. The summed E-state index contributed by atoms with van der Waals surface area (Å²) in [5.74, 6) is 0.703. The molecule has 2 atom stereocenters. The Balaban J connectivity index is 2.15. The van der Waals surface area contributed by atoms with Crippen molar-refractivity contribution in [2.24, 2.45) is 5.92 Å². The average Bonchev–Trinajstić information content (AvgIpc) is 2.36. The van der Waals surface area contributed by atoms with Gasteiger partial charge in [0.1, 0.15) is 17.7 Å². The summed E-state index contributed by atoms with van der Waals surface area (Å²) in [6.45, 7) is 2.18. The summed E-state index contributed by atoms with van der Waals surface area (Å²) in [7, 11) is 0. The topological polar surface area (TPSA) is 35.2 Å². The summed E-state index contributed by atoms with van der Waals surface area (Å²) >= 11 is 3.12. The Morgan fingerprint density at radius 1 is 1.39 bits per heavy atom. The summed E-state index contributed by atoms with van der Waals surface area (Å²) in [5.41, 5.74) is 6.36. The van der Waals surface area contributed by atoms with Crippen LogP contribution in [0.4, 0.5) is 10.1 Å². The number of nitrogen functional groups attached to an aromatic ring is 1. The van der Waals surface area contributed by atoms with Gasteiger partial charge < -0.3 is 10.5 Å². The third-order valence-corrected chi connectivity index (χ3v) is 4.30. The third kappa shape index (κ3) is 2.97. The zero-order chi connectivity index (χ0) is 13.1. The van der Waals surface area contributed by atoms with Crippen LogP contribution in [0.25, 0.3) is 0 Å². The number of ether oxygens (including phenoxy) is 1. The molecule has 2 unspecified atom stereocenters. The van der Waals surface area contributed by atoms with Crippen molar-refractivity contribution in [1.82, 2.24) is 0 Å². The highest BCUT2D eigenvalue weighted by atomic mass is 79.9. The number of hydrogen-bond donors (Lipinski definition) is 1. The molecule has 0 amide bonds. The van der Waals surface area contributed by atoms with E-state index in [9.17, 15) is 4.39 Å². The van der Waals surface area contributed by atoms with Gasteiger partial charge in [0.15, 0.2) is 0 Å². The van der Waals surface area contributed by atoms with Crippen LogP contribution in [-0.4, -0.2) is 6.10 Å². The summed E-state index contributed by atoms with van der Waals surface area (Å²) < 4.78 is 19.8. The van der Waals surface area contributed by atoms with Crippen LogP contribution >= 0.6 is 15.9 Å². The van der Waals surface area contributed by atoms with E-state index in [2.05, 4.69) is 22.9 Å². The van der Waals surface area contributed by atoms with E-state index < -0.39 is 0 Å². The largest absolute Gasteiger partial charge is 0.488 e. The molecule has 1 aromatic rings. The van der Waals surface area contributed by atoms with E-state index in [1.54, 1.807) is 6.07 Å². The predicted octanol–water partition coefficient (Wildman–Crippen LogP) is 4.52. The molecule has 4 heteroatoms. The van der Waals surface area contributed by atoms with Gasteiger partial charge in [-0.2, -0.15) is 0 Å². The van der Waals surface area contributed by atoms with Crippen molar-refractivity contribution in [2.45, 2.75) is 45.1 Å². The zero-order valence-corrected chi connectivity index (χ0v) is 12.2. The minimum Gasteiger partial charge on any atom is -0.488 e. The summed E-state index contributed by atoms with van der Waals surface area (Å²) in [6.07, 6.45) is 5.95. The fraction of sp³-hybridized carbons (Fsp3) is 0.571. The summed E-state index contributed by atoms with van der Waals surface area (Å²) in [4.78, 5) is 0. The van der Waals surface area contributed by atoms with Gasteiger partial charge in [-0.1, -0.05) is 13.3 Å². The Labute approximate surface area is 116 Å². The lowest BCUT2D eigenvalue weighted by Crippen LogP contribution is -2.30. The molecule has 0 spiro atoms. The van der Waals surface area contributed by atoms with E-state index in [0.29, 0.717) is 21.8 Å². The van der Waals surface area contributed by atoms with Gasteiger partial charge in [0.25, 0.3) is 0 Å². The number of hydrogen-bond acceptors (Lipinski definition) is 2. The average molecular weight is 316 g/mol. The van der Waals surface area contributed by atoms with E-state index in [0.717, 1.165) is 12.8 Å². The van der Waals surface area contributed by atoms with Crippen LogP contribution in [0.5, 0.6) is 5.75 Å². The van der Waals surface area contributed by atoms with Gasteiger partial charge in [-0.05, 0) is 53.6 Å². The highest BCUT2D eigenvalue weighted by Gasteiger charge is 2.26. The minimum absolute atomic E-state index is 0.173. The lowest BCUT2D eigenvalue weighted by molar-refractivity contribution is 0.0908. The van der Waals surface area contributed by atoms with Gasteiger partial charge in [-0.25, -0.2) is 4.39 Å². The molecule has 1 fully saturated rings. The predicted molar refractivity (Wildman–Crippen MR) is 75.2 cm³/mol. The Kier molecular flexibility index (Phi) is 4.49. The van der Waals surface area contributed by atoms with Crippen LogP contribution in [0.2, 0.25) is 0 Å². The molecule has 0 aliphatic heterocycles. The lowest BCUT2D eigenvalue weighted by atomic mass is 9.85. The van der Waals surface area contributed by atoms with Crippen LogP contribution in [-0.2, 0) is 0 Å². The highest BCUT2D eigenvalue weighted by Crippen LogP contribution is 2.34. The van der Waals surface area contributed by atoms with E-state index in [1.807, 2.05) is 0 Å². The second kappa shape index (κ2) is 5.91. The number of anilines is 1. The highest BCUT2D eigenvalue weighted by molar-refractivity contribution is 9.10. The molecule has 2 N–H and O–H groups in total. The molecule has 1 saturated carbocycles. The maximum Gasteiger partial charge on any atom is 0.145 e. The first-order chi connectivity index (χ1) is 8.61. The number of nitrogens with two attached hydrogens (primary N) is 1. The fourth-order valence-electron chi connectivity index (χ4n) is 2.60. The SMILES string of the molecule is CCC1CCCCC1Oc1cc(F)c(Br)cc1N. The van der Waals surface area contributed by atoms with Gasteiger partial charge in [0.05, 0.1) is 10.2 Å². The molecule has 18 heavy (non-hydrogen) atoms. The molecule has 2 rings (SSSR count). The minimum atomic E-state index is -0.331. The molecular weight excluding hydrogens is 297 g/mol. The summed E-state index contributed by atoms with van der Waals surface area (Å²) in [5, 5.41) is 0. The van der Waals surface area contributed by atoms with Crippen LogP contribution in [0, 0.1) is 11.7 Å². The van der Waals surface area contributed by atoms with Crippen molar-refractivity contribution in [3.63, 3.8) is 0 Å². The standard InChI is InChI=1S/C14H19BrFNO/c1-2-9-5-3-4-6-13(9)18-14-8-11(16)10(15)7-12(14)17/h7-9,13H,2-6,17H2,1H3.